The maximum absolute atomic E-state index is 13.5. The number of ether oxygens (including phenoxy) is 1. The Morgan fingerprint density at radius 3 is 2.47 bits per heavy atom. The normalized spacial score (nSPS) is 17.4. The highest BCUT2D eigenvalue weighted by Crippen LogP contribution is 2.47. The van der Waals surface area contributed by atoms with E-state index in [0.29, 0.717) is 30.0 Å². The summed E-state index contributed by atoms with van der Waals surface area (Å²) in [6, 6.07) is 22.3. The van der Waals surface area contributed by atoms with Crippen LogP contribution in [0.5, 0.6) is 5.75 Å². The summed E-state index contributed by atoms with van der Waals surface area (Å²) in [5.41, 5.74) is 13.7. The number of nitrogens with zero attached hydrogens (tertiary/aromatic N) is 2. The van der Waals surface area contributed by atoms with Gasteiger partial charge in [-0.15, -0.1) is 0 Å². The Labute approximate surface area is 245 Å². The van der Waals surface area contributed by atoms with Gasteiger partial charge in [0, 0.05) is 31.4 Å². The number of nitriles is 1. The summed E-state index contributed by atoms with van der Waals surface area (Å²) in [7, 11) is 0. The number of hydrogen-bond donors (Lipinski definition) is 1. The highest BCUT2D eigenvalue weighted by atomic mass is 127. The van der Waals surface area contributed by atoms with E-state index in [9.17, 15) is 10.1 Å². The Balaban J connectivity index is 1.61. The highest BCUT2D eigenvalue weighted by Gasteiger charge is 2.41. The van der Waals surface area contributed by atoms with Gasteiger partial charge in [0.2, 0.25) is 0 Å². The molecule has 7 heteroatoms. The number of Topliss-reactive ketones (excluding diaryl/α,β-unsaturated/α-hetero) is 1. The molecule has 1 aliphatic carbocycles. The second-order valence-corrected chi connectivity index (χ2v) is 11.8. The Hall–Kier alpha value is -3.09. The van der Waals surface area contributed by atoms with Crippen molar-refractivity contribution >= 4 is 50.0 Å². The lowest BCUT2D eigenvalue weighted by Crippen LogP contribution is -2.39. The van der Waals surface area contributed by atoms with Gasteiger partial charge in [-0.1, -0.05) is 28.1 Å². The summed E-state index contributed by atoms with van der Waals surface area (Å²) in [6.45, 7) is 4.47. The fourth-order valence-electron chi connectivity index (χ4n) is 5.36. The molecule has 0 amide bonds. The van der Waals surface area contributed by atoms with Crippen LogP contribution < -0.4 is 15.4 Å². The number of rotatable bonds is 5. The van der Waals surface area contributed by atoms with Gasteiger partial charge in [-0.3, -0.25) is 9.69 Å². The summed E-state index contributed by atoms with van der Waals surface area (Å²) in [6.07, 6.45) is 1.96. The van der Waals surface area contributed by atoms with Crippen molar-refractivity contribution in [2.45, 2.75) is 45.6 Å². The van der Waals surface area contributed by atoms with Crippen molar-refractivity contribution < 1.29 is 9.53 Å². The first-order chi connectivity index (χ1) is 18.3. The molecular weight excluding hydrogens is 653 g/mol. The molecule has 5 rings (SSSR count). The average Bonchev–Trinajstić information content (AvgIpc) is 2.90. The summed E-state index contributed by atoms with van der Waals surface area (Å²) in [5, 5.41) is 10.4. The van der Waals surface area contributed by atoms with Crippen LogP contribution in [0.4, 0.5) is 5.69 Å². The van der Waals surface area contributed by atoms with Gasteiger partial charge < -0.3 is 10.5 Å². The number of carbonyl (C=O) groups excluding carboxylic acids is 1. The summed E-state index contributed by atoms with van der Waals surface area (Å²) in [4.78, 5) is 15.4. The summed E-state index contributed by atoms with van der Waals surface area (Å²) in [5.74, 6) is 0.740. The van der Waals surface area contributed by atoms with E-state index in [-0.39, 0.29) is 5.78 Å². The summed E-state index contributed by atoms with van der Waals surface area (Å²) < 4.78 is 8.18. The van der Waals surface area contributed by atoms with E-state index in [0.717, 1.165) is 60.3 Å². The SMILES string of the molecule is Cc1cc(C)c(C2C(C#N)=C(N)N(c3ccc(I)cc3)C3=C2C(=O)CCC3)cc1COc1ccc(Br)cc1. The fourth-order valence-corrected chi connectivity index (χ4v) is 5.98. The molecular formula is C31H27BrIN3O2. The smallest absolute Gasteiger partial charge is 0.161 e. The molecule has 0 radical (unpaired) electrons. The molecule has 0 saturated heterocycles. The molecule has 1 heterocycles. The molecule has 1 unspecified atom stereocenters. The third-order valence-electron chi connectivity index (χ3n) is 7.24. The maximum atomic E-state index is 13.5. The highest BCUT2D eigenvalue weighted by molar-refractivity contribution is 14.1. The van der Waals surface area contributed by atoms with Gasteiger partial charge >= 0.3 is 0 Å². The number of allylic oxidation sites excluding steroid dienone is 3. The first-order valence-corrected chi connectivity index (χ1v) is 14.4. The fraction of sp³-hybridized carbons (Fsp3) is 0.226. The second kappa shape index (κ2) is 11.0. The minimum absolute atomic E-state index is 0.0830. The molecule has 0 fully saturated rings. The molecule has 0 saturated carbocycles. The Kier molecular flexibility index (Phi) is 7.64. The van der Waals surface area contributed by atoms with Crippen LogP contribution in [0.25, 0.3) is 0 Å². The Morgan fingerprint density at radius 1 is 1.08 bits per heavy atom. The lowest BCUT2D eigenvalue weighted by molar-refractivity contribution is -0.116. The quantitative estimate of drug-likeness (QED) is 0.282. The Bertz CT molecular complexity index is 1520. The van der Waals surface area contributed by atoms with E-state index < -0.39 is 5.92 Å². The third kappa shape index (κ3) is 4.99. The van der Waals surface area contributed by atoms with Gasteiger partial charge in [0.05, 0.1) is 17.6 Å². The standard InChI is InChI=1S/C31H27BrIN3O2/c1-18-14-19(2)25(15-20(18)17-38-24-12-6-21(32)7-13-24)29-26(16-34)31(35)36(23-10-8-22(33)9-11-23)27-4-3-5-28(37)30(27)29/h6-15,29H,3-5,17,35H2,1-2H3. The number of carbonyl (C=O) groups is 1. The average molecular weight is 680 g/mol. The molecule has 0 spiro atoms. The number of halogens is 2. The van der Waals surface area contributed by atoms with Crippen LogP contribution in [0.3, 0.4) is 0 Å². The minimum atomic E-state index is -0.505. The van der Waals surface area contributed by atoms with Crippen molar-refractivity contribution in [1.82, 2.24) is 0 Å². The first kappa shape index (κ1) is 26.5. The van der Waals surface area contributed by atoms with Gasteiger partial charge in [-0.25, -0.2) is 0 Å². The van der Waals surface area contributed by atoms with Crippen molar-refractivity contribution in [2.75, 3.05) is 4.90 Å². The van der Waals surface area contributed by atoms with Crippen LogP contribution in [0, 0.1) is 28.7 Å². The Morgan fingerprint density at radius 2 is 1.79 bits per heavy atom. The molecule has 2 aliphatic rings. The molecule has 1 atom stereocenters. The third-order valence-corrected chi connectivity index (χ3v) is 8.49. The van der Waals surface area contributed by atoms with Gasteiger partial charge in [0.1, 0.15) is 18.2 Å². The predicted molar refractivity (Wildman–Crippen MR) is 161 cm³/mol. The molecule has 38 heavy (non-hydrogen) atoms. The minimum Gasteiger partial charge on any atom is -0.489 e. The molecule has 0 aromatic heterocycles. The number of aryl methyl sites for hydroxylation is 2. The van der Waals surface area contributed by atoms with Crippen LogP contribution in [-0.2, 0) is 11.4 Å². The maximum Gasteiger partial charge on any atom is 0.161 e. The molecule has 3 aromatic rings. The first-order valence-electron chi connectivity index (χ1n) is 12.5. The predicted octanol–water partition coefficient (Wildman–Crippen LogP) is 7.55. The van der Waals surface area contributed by atoms with E-state index in [1.807, 2.05) is 60.4 Å². The molecule has 3 aromatic carbocycles. The van der Waals surface area contributed by atoms with Crippen molar-refractivity contribution in [1.29, 1.82) is 5.26 Å². The van der Waals surface area contributed by atoms with Crippen molar-refractivity contribution in [3.8, 4) is 11.8 Å². The monoisotopic (exact) mass is 679 g/mol. The van der Waals surface area contributed by atoms with E-state index in [1.54, 1.807) is 0 Å². The van der Waals surface area contributed by atoms with Gasteiger partial charge in [-0.2, -0.15) is 5.26 Å². The van der Waals surface area contributed by atoms with Crippen LogP contribution in [0.1, 0.15) is 47.4 Å². The number of hydrogen-bond acceptors (Lipinski definition) is 5. The topological polar surface area (TPSA) is 79.4 Å². The van der Waals surface area contributed by atoms with Crippen molar-refractivity contribution in [2.24, 2.45) is 5.73 Å². The van der Waals surface area contributed by atoms with E-state index in [2.05, 4.69) is 63.6 Å². The summed E-state index contributed by atoms with van der Waals surface area (Å²) >= 11 is 5.72. The van der Waals surface area contributed by atoms with Crippen LogP contribution >= 0.6 is 38.5 Å². The van der Waals surface area contributed by atoms with Gasteiger partial charge in [0.15, 0.2) is 5.78 Å². The van der Waals surface area contributed by atoms with Gasteiger partial charge in [0.25, 0.3) is 0 Å². The lowest BCUT2D eigenvalue weighted by Gasteiger charge is -2.40. The zero-order valence-electron chi connectivity index (χ0n) is 21.2. The number of benzene rings is 3. The number of ketones is 1. The largest absolute Gasteiger partial charge is 0.489 e. The van der Waals surface area contributed by atoms with Crippen molar-refractivity contribution in [3.63, 3.8) is 0 Å². The number of nitrogens with two attached hydrogens (primary N) is 1. The van der Waals surface area contributed by atoms with Crippen molar-refractivity contribution in [3.05, 3.63) is 114 Å². The molecule has 1 aliphatic heterocycles. The van der Waals surface area contributed by atoms with Crippen LogP contribution in [-0.4, -0.2) is 5.78 Å². The van der Waals surface area contributed by atoms with Crippen LogP contribution in [0.2, 0.25) is 0 Å². The zero-order valence-corrected chi connectivity index (χ0v) is 25.0. The molecule has 2 N–H and O–H groups in total. The van der Waals surface area contributed by atoms with Crippen LogP contribution in [0.15, 0.2) is 87.8 Å². The molecule has 0 bridgehead atoms. The second-order valence-electron chi connectivity index (χ2n) is 9.67. The van der Waals surface area contributed by atoms with Gasteiger partial charge in [-0.05, 0) is 120 Å². The van der Waals surface area contributed by atoms with E-state index >= 15 is 0 Å². The van der Waals surface area contributed by atoms with E-state index in [1.165, 1.54) is 0 Å². The zero-order chi connectivity index (χ0) is 27.0. The van der Waals surface area contributed by atoms with E-state index in [4.69, 9.17) is 10.5 Å². The molecule has 5 nitrogen and oxygen atoms in total. The number of anilines is 1. The molecule has 192 valence electrons. The lowest BCUT2D eigenvalue weighted by atomic mass is 9.74.